The number of nitrogens with zero attached hydrogens (tertiary/aromatic N) is 1. The second-order valence-electron chi connectivity index (χ2n) is 5.95. The van der Waals surface area contributed by atoms with Gasteiger partial charge in [0.15, 0.2) is 5.78 Å². The molecule has 2 aromatic rings. The van der Waals surface area contributed by atoms with Gasteiger partial charge in [0.25, 0.3) is 0 Å². The van der Waals surface area contributed by atoms with E-state index in [0.29, 0.717) is 3.57 Å². The number of aromatic nitrogens is 1. The summed E-state index contributed by atoms with van der Waals surface area (Å²) >= 11 is 1.89. The predicted molar refractivity (Wildman–Crippen MR) is 96.6 cm³/mol. The molecule has 142 valence electrons. The van der Waals surface area contributed by atoms with Gasteiger partial charge in [0.05, 0.1) is 6.04 Å². The van der Waals surface area contributed by atoms with Crippen LogP contribution in [0, 0.1) is 9.49 Å². The minimum Gasteiger partial charge on any atom is -0.363 e. The van der Waals surface area contributed by atoms with Crippen molar-refractivity contribution in [1.82, 2.24) is 15.6 Å². The van der Waals surface area contributed by atoms with E-state index in [9.17, 15) is 27.9 Å². The average molecular weight is 491 g/mol. The molecule has 1 aromatic heterocycles. The molecule has 6 nitrogen and oxygen atoms in total. The Morgan fingerprint density at radius 3 is 2.52 bits per heavy atom. The lowest BCUT2D eigenvalue weighted by atomic mass is 9.77. The third-order valence-electron chi connectivity index (χ3n) is 4.28. The molecule has 27 heavy (non-hydrogen) atoms. The molecule has 1 aliphatic rings. The van der Waals surface area contributed by atoms with Gasteiger partial charge in [-0.3, -0.25) is 9.78 Å². The number of halogens is 4. The number of amides is 2. The Balaban J connectivity index is 2.19. The summed E-state index contributed by atoms with van der Waals surface area (Å²) in [5.41, 5.74) is -3.57. The Morgan fingerprint density at radius 1 is 1.22 bits per heavy atom. The molecule has 3 rings (SSSR count). The molecule has 2 amide bonds. The van der Waals surface area contributed by atoms with Crippen molar-refractivity contribution in [2.45, 2.75) is 17.9 Å². The normalized spacial score (nSPS) is 25.4. The van der Waals surface area contributed by atoms with Gasteiger partial charge in [0, 0.05) is 21.5 Å². The number of nitrogens with one attached hydrogen (secondary N) is 2. The zero-order valence-electron chi connectivity index (χ0n) is 13.5. The Labute approximate surface area is 165 Å². The molecule has 0 bridgehead atoms. The number of carbonyl (C=O) groups is 2. The van der Waals surface area contributed by atoms with E-state index in [1.54, 1.807) is 18.2 Å². The quantitative estimate of drug-likeness (QED) is 0.455. The van der Waals surface area contributed by atoms with E-state index in [0.717, 1.165) is 6.20 Å². The predicted octanol–water partition coefficient (Wildman–Crippen LogP) is 2.79. The molecule has 1 aromatic carbocycles. The van der Waals surface area contributed by atoms with Crippen molar-refractivity contribution < 1.29 is 27.9 Å². The highest BCUT2D eigenvalue weighted by atomic mass is 127. The van der Waals surface area contributed by atoms with E-state index in [1.807, 2.05) is 22.6 Å². The van der Waals surface area contributed by atoms with Gasteiger partial charge >= 0.3 is 12.2 Å². The SMILES string of the molecule is O=C1N[C@@H](c2ccccc2I)[C@H](C(=O)c2cccnc2)[C@](O)(C(F)(F)F)N1. The molecule has 1 fully saturated rings. The average Bonchev–Trinajstić information content (AvgIpc) is 2.61. The van der Waals surface area contributed by atoms with E-state index < -0.39 is 35.7 Å². The smallest absolute Gasteiger partial charge is 0.363 e. The molecule has 1 aliphatic heterocycles. The molecule has 3 atom stereocenters. The van der Waals surface area contributed by atoms with Crippen LogP contribution in [0.3, 0.4) is 0 Å². The third kappa shape index (κ3) is 3.50. The first kappa shape index (κ1) is 19.5. The van der Waals surface area contributed by atoms with Crippen molar-refractivity contribution in [3.05, 3.63) is 63.5 Å². The molecule has 3 N–H and O–H groups in total. The molecular weight excluding hydrogens is 478 g/mol. The zero-order valence-corrected chi connectivity index (χ0v) is 15.7. The fourth-order valence-electron chi connectivity index (χ4n) is 3.01. The van der Waals surface area contributed by atoms with E-state index in [1.165, 1.54) is 29.7 Å². The first-order valence-electron chi connectivity index (χ1n) is 7.71. The number of pyridine rings is 1. The van der Waals surface area contributed by atoms with Crippen LogP contribution in [0.2, 0.25) is 0 Å². The summed E-state index contributed by atoms with van der Waals surface area (Å²) in [5, 5.41) is 14.3. The summed E-state index contributed by atoms with van der Waals surface area (Å²) < 4.78 is 41.8. The van der Waals surface area contributed by atoms with Crippen LogP contribution < -0.4 is 10.6 Å². The van der Waals surface area contributed by atoms with Gasteiger partial charge in [0.2, 0.25) is 5.72 Å². The van der Waals surface area contributed by atoms with E-state index >= 15 is 0 Å². The fourth-order valence-corrected chi connectivity index (χ4v) is 3.74. The Bertz CT molecular complexity index is 878. The van der Waals surface area contributed by atoms with Gasteiger partial charge in [-0.25, -0.2) is 4.79 Å². The van der Waals surface area contributed by atoms with Crippen LogP contribution >= 0.6 is 22.6 Å². The second kappa shape index (κ2) is 7.08. The third-order valence-corrected chi connectivity index (χ3v) is 5.26. The lowest BCUT2D eigenvalue weighted by Gasteiger charge is -2.45. The molecule has 0 aliphatic carbocycles. The van der Waals surface area contributed by atoms with Crippen molar-refractivity contribution in [1.29, 1.82) is 0 Å². The van der Waals surface area contributed by atoms with Crippen molar-refractivity contribution in [3.8, 4) is 0 Å². The topological polar surface area (TPSA) is 91.3 Å². The molecule has 10 heteroatoms. The first-order chi connectivity index (χ1) is 12.6. The Kier molecular flexibility index (Phi) is 5.12. The summed E-state index contributed by atoms with van der Waals surface area (Å²) in [6, 6.07) is 6.44. The number of benzene rings is 1. The molecule has 0 saturated carbocycles. The van der Waals surface area contributed by atoms with E-state index in [4.69, 9.17) is 0 Å². The number of ketones is 1. The Morgan fingerprint density at radius 2 is 1.93 bits per heavy atom. The van der Waals surface area contributed by atoms with Crippen LogP contribution in [0.1, 0.15) is 22.0 Å². The number of urea groups is 1. The minimum atomic E-state index is -5.29. The van der Waals surface area contributed by atoms with Crippen LogP contribution in [-0.2, 0) is 0 Å². The summed E-state index contributed by atoms with van der Waals surface area (Å²) in [7, 11) is 0. The number of aliphatic hydroxyl groups is 1. The number of alkyl halides is 3. The molecule has 0 spiro atoms. The zero-order chi connectivity index (χ0) is 19.8. The number of Topliss-reactive ketones (excluding diaryl/α,β-unsaturated/α-hetero) is 1. The standard InChI is InChI=1S/C17H13F3IN3O3/c18-17(19,20)16(27)12(14(25)9-4-3-7-22-8-9)13(23-15(26)24-16)10-5-1-2-6-11(10)21/h1-8,12-13,27H,(H2,23,24,26)/t12-,13+,16+/m1/s1. The molecular formula is C17H13F3IN3O3. The molecule has 1 saturated heterocycles. The number of rotatable bonds is 3. The number of hydrogen-bond acceptors (Lipinski definition) is 4. The fraction of sp³-hybridized carbons (Fsp3) is 0.235. The first-order valence-corrected chi connectivity index (χ1v) is 8.79. The lowest BCUT2D eigenvalue weighted by molar-refractivity contribution is -0.287. The molecule has 0 radical (unpaired) electrons. The summed E-state index contributed by atoms with van der Waals surface area (Å²) in [6.45, 7) is 0. The number of carbonyl (C=O) groups excluding carboxylic acids is 2. The van der Waals surface area contributed by atoms with Crippen molar-refractivity contribution in [3.63, 3.8) is 0 Å². The second-order valence-corrected chi connectivity index (χ2v) is 7.11. The Hall–Kier alpha value is -2.21. The van der Waals surface area contributed by atoms with Gasteiger partial charge < -0.3 is 15.7 Å². The monoisotopic (exact) mass is 491 g/mol. The van der Waals surface area contributed by atoms with Crippen molar-refractivity contribution in [2.24, 2.45) is 5.92 Å². The highest BCUT2D eigenvalue weighted by Crippen LogP contribution is 2.44. The summed E-state index contributed by atoms with van der Waals surface area (Å²) in [5.74, 6) is -3.06. The maximum atomic E-state index is 13.8. The maximum Gasteiger partial charge on any atom is 0.437 e. The van der Waals surface area contributed by atoms with Crippen molar-refractivity contribution in [2.75, 3.05) is 0 Å². The van der Waals surface area contributed by atoms with Crippen LogP contribution in [0.4, 0.5) is 18.0 Å². The number of hydrogen-bond donors (Lipinski definition) is 3. The minimum absolute atomic E-state index is 0.112. The molecule has 2 heterocycles. The van der Waals surface area contributed by atoms with Gasteiger partial charge in [0.1, 0.15) is 5.92 Å². The van der Waals surface area contributed by atoms with Gasteiger partial charge in [-0.2, -0.15) is 13.2 Å². The maximum absolute atomic E-state index is 13.8. The van der Waals surface area contributed by atoms with E-state index in [-0.39, 0.29) is 11.1 Å². The van der Waals surface area contributed by atoms with Gasteiger partial charge in [-0.1, -0.05) is 18.2 Å². The lowest BCUT2D eigenvalue weighted by Crippen LogP contribution is -2.72. The molecule has 0 unspecified atom stereocenters. The summed E-state index contributed by atoms with van der Waals surface area (Å²) in [6.07, 6.45) is -2.81. The summed E-state index contributed by atoms with van der Waals surface area (Å²) in [4.78, 5) is 28.6. The highest BCUT2D eigenvalue weighted by molar-refractivity contribution is 14.1. The van der Waals surface area contributed by atoms with Crippen molar-refractivity contribution >= 4 is 34.4 Å². The van der Waals surface area contributed by atoms with Gasteiger partial charge in [-0.15, -0.1) is 0 Å². The van der Waals surface area contributed by atoms with Crippen LogP contribution in [-0.4, -0.2) is 33.8 Å². The van der Waals surface area contributed by atoms with Crippen LogP contribution in [0.25, 0.3) is 0 Å². The largest absolute Gasteiger partial charge is 0.437 e. The van der Waals surface area contributed by atoms with Gasteiger partial charge in [-0.05, 0) is 46.4 Å². The van der Waals surface area contributed by atoms with E-state index in [2.05, 4.69) is 10.3 Å². The van der Waals surface area contributed by atoms with Crippen LogP contribution in [0.5, 0.6) is 0 Å². The van der Waals surface area contributed by atoms with Crippen LogP contribution in [0.15, 0.2) is 48.8 Å². The highest BCUT2D eigenvalue weighted by Gasteiger charge is 2.66.